The minimum Gasteiger partial charge on any atom is -0.329 e. The van der Waals surface area contributed by atoms with Gasteiger partial charge in [-0.25, -0.2) is 0 Å². The Bertz CT molecular complexity index is 169. The van der Waals surface area contributed by atoms with Gasteiger partial charge in [-0.15, -0.1) is 0 Å². The molecule has 1 aliphatic rings. The van der Waals surface area contributed by atoms with Crippen LogP contribution in [0.3, 0.4) is 0 Å². The maximum Gasteiger partial charge on any atom is 0.0229 e. The number of hydrogen-bond donors (Lipinski definition) is 1. The van der Waals surface area contributed by atoms with Crippen LogP contribution in [0.4, 0.5) is 0 Å². The Morgan fingerprint density at radius 2 is 2.07 bits per heavy atom. The number of thioether (sulfide) groups is 1. The van der Waals surface area contributed by atoms with Crippen molar-refractivity contribution in [3.63, 3.8) is 0 Å². The van der Waals surface area contributed by atoms with Crippen molar-refractivity contribution < 1.29 is 0 Å². The van der Waals surface area contributed by atoms with Gasteiger partial charge in [-0.05, 0) is 51.0 Å². The van der Waals surface area contributed by atoms with Crippen molar-refractivity contribution in [1.29, 1.82) is 0 Å². The Kier molecular flexibility index (Phi) is 6.02. The number of hydrogen-bond acceptors (Lipinski definition) is 3. The molecule has 0 saturated heterocycles. The van der Waals surface area contributed by atoms with Crippen LogP contribution >= 0.6 is 11.8 Å². The zero-order valence-corrected chi connectivity index (χ0v) is 11.2. The molecule has 2 N–H and O–H groups in total. The lowest BCUT2D eigenvalue weighted by Gasteiger charge is -2.34. The molecule has 0 heterocycles. The van der Waals surface area contributed by atoms with Gasteiger partial charge in [0.2, 0.25) is 0 Å². The molecule has 1 fully saturated rings. The minimum absolute atomic E-state index is 0.595. The molecule has 1 rings (SSSR count). The molecule has 1 atom stereocenters. The summed E-state index contributed by atoms with van der Waals surface area (Å²) in [4.78, 5) is 2.62. The van der Waals surface area contributed by atoms with E-state index in [2.05, 4.69) is 25.0 Å². The van der Waals surface area contributed by atoms with Crippen LogP contribution in [0.2, 0.25) is 0 Å². The van der Waals surface area contributed by atoms with Crippen molar-refractivity contribution >= 4 is 11.8 Å². The molecule has 0 aliphatic heterocycles. The Labute approximate surface area is 99.0 Å². The summed E-state index contributed by atoms with van der Waals surface area (Å²) >= 11 is 1.93. The van der Waals surface area contributed by atoms with Crippen LogP contribution in [0, 0.1) is 5.92 Å². The summed E-state index contributed by atoms with van der Waals surface area (Å²) in [5, 5.41) is 0. The highest BCUT2D eigenvalue weighted by Crippen LogP contribution is 2.31. The van der Waals surface area contributed by atoms with E-state index in [0.717, 1.165) is 12.5 Å². The third kappa shape index (κ3) is 4.75. The fourth-order valence-electron chi connectivity index (χ4n) is 2.05. The van der Waals surface area contributed by atoms with Crippen molar-refractivity contribution in [2.24, 2.45) is 11.7 Å². The largest absolute Gasteiger partial charge is 0.329 e. The first kappa shape index (κ1) is 13.3. The lowest BCUT2D eigenvalue weighted by atomic mass is 10.1. The number of nitrogens with two attached hydrogens (primary N) is 1. The second-order valence-electron chi connectivity index (χ2n) is 4.90. The van der Waals surface area contributed by atoms with E-state index < -0.39 is 0 Å². The molecule has 1 saturated carbocycles. The monoisotopic (exact) mass is 230 g/mol. The summed E-state index contributed by atoms with van der Waals surface area (Å²) in [5.74, 6) is 2.20. The van der Waals surface area contributed by atoms with Gasteiger partial charge in [0, 0.05) is 25.2 Å². The molecule has 0 amide bonds. The first-order valence-electron chi connectivity index (χ1n) is 6.13. The van der Waals surface area contributed by atoms with Crippen molar-refractivity contribution in [1.82, 2.24) is 4.90 Å². The molecule has 3 heteroatoms. The Morgan fingerprint density at radius 1 is 1.40 bits per heavy atom. The van der Waals surface area contributed by atoms with E-state index in [9.17, 15) is 0 Å². The minimum atomic E-state index is 0.595. The van der Waals surface area contributed by atoms with Gasteiger partial charge in [-0.3, -0.25) is 4.90 Å². The van der Waals surface area contributed by atoms with E-state index in [-0.39, 0.29) is 0 Å². The first-order chi connectivity index (χ1) is 7.19. The SMILES string of the molecule is CSCCC(CN)N(CC1CC1)C(C)C. The van der Waals surface area contributed by atoms with Crippen LogP contribution in [-0.4, -0.2) is 42.1 Å². The lowest BCUT2D eigenvalue weighted by molar-refractivity contribution is 0.146. The highest BCUT2D eigenvalue weighted by molar-refractivity contribution is 7.98. The van der Waals surface area contributed by atoms with E-state index in [1.165, 1.54) is 31.6 Å². The van der Waals surface area contributed by atoms with E-state index in [4.69, 9.17) is 5.73 Å². The van der Waals surface area contributed by atoms with Gasteiger partial charge < -0.3 is 5.73 Å². The molecular weight excluding hydrogens is 204 g/mol. The van der Waals surface area contributed by atoms with Crippen LogP contribution < -0.4 is 5.73 Å². The highest BCUT2D eigenvalue weighted by Gasteiger charge is 2.28. The van der Waals surface area contributed by atoms with Crippen LogP contribution in [0.15, 0.2) is 0 Å². The second kappa shape index (κ2) is 6.77. The summed E-state index contributed by atoms with van der Waals surface area (Å²) in [7, 11) is 0. The summed E-state index contributed by atoms with van der Waals surface area (Å²) < 4.78 is 0. The van der Waals surface area contributed by atoms with Gasteiger partial charge in [-0.1, -0.05) is 0 Å². The molecule has 0 aromatic rings. The van der Waals surface area contributed by atoms with Gasteiger partial charge in [-0.2, -0.15) is 11.8 Å². The molecule has 1 aliphatic carbocycles. The fraction of sp³-hybridized carbons (Fsp3) is 1.00. The van der Waals surface area contributed by atoms with Gasteiger partial charge >= 0.3 is 0 Å². The van der Waals surface area contributed by atoms with Gasteiger partial charge in [0.25, 0.3) is 0 Å². The first-order valence-corrected chi connectivity index (χ1v) is 7.53. The maximum absolute atomic E-state index is 5.90. The average molecular weight is 230 g/mol. The highest BCUT2D eigenvalue weighted by atomic mass is 32.2. The smallest absolute Gasteiger partial charge is 0.0229 e. The predicted molar refractivity (Wildman–Crippen MR) is 70.4 cm³/mol. The van der Waals surface area contributed by atoms with E-state index in [1.807, 2.05) is 11.8 Å². The molecule has 15 heavy (non-hydrogen) atoms. The van der Waals surface area contributed by atoms with E-state index in [1.54, 1.807) is 0 Å². The van der Waals surface area contributed by atoms with Crippen molar-refractivity contribution in [2.75, 3.05) is 25.1 Å². The van der Waals surface area contributed by atoms with Crippen LogP contribution in [0.25, 0.3) is 0 Å². The third-order valence-corrected chi connectivity index (χ3v) is 3.87. The van der Waals surface area contributed by atoms with Gasteiger partial charge in [0.15, 0.2) is 0 Å². The fourth-order valence-corrected chi connectivity index (χ4v) is 2.56. The maximum atomic E-state index is 5.90. The zero-order valence-electron chi connectivity index (χ0n) is 10.4. The molecule has 0 bridgehead atoms. The Morgan fingerprint density at radius 3 is 2.47 bits per heavy atom. The van der Waals surface area contributed by atoms with E-state index in [0.29, 0.717) is 12.1 Å². The molecule has 2 nitrogen and oxygen atoms in total. The molecule has 0 aromatic heterocycles. The lowest BCUT2D eigenvalue weighted by Crippen LogP contribution is -2.46. The summed E-state index contributed by atoms with van der Waals surface area (Å²) in [6.07, 6.45) is 6.28. The van der Waals surface area contributed by atoms with Crippen molar-refractivity contribution in [2.45, 2.75) is 45.2 Å². The summed E-state index contributed by atoms with van der Waals surface area (Å²) in [6, 6.07) is 1.24. The van der Waals surface area contributed by atoms with Crippen LogP contribution in [0.5, 0.6) is 0 Å². The topological polar surface area (TPSA) is 29.3 Å². The molecular formula is C12H26N2S. The van der Waals surface area contributed by atoms with Crippen LogP contribution in [0.1, 0.15) is 33.1 Å². The quantitative estimate of drug-likeness (QED) is 0.693. The third-order valence-electron chi connectivity index (χ3n) is 3.23. The molecule has 0 spiro atoms. The van der Waals surface area contributed by atoms with Gasteiger partial charge in [0.1, 0.15) is 0 Å². The van der Waals surface area contributed by atoms with Crippen molar-refractivity contribution in [3.8, 4) is 0 Å². The van der Waals surface area contributed by atoms with Gasteiger partial charge in [0.05, 0.1) is 0 Å². The number of nitrogens with zero attached hydrogens (tertiary/aromatic N) is 1. The normalized spacial score (nSPS) is 18.8. The zero-order chi connectivity index (χ0) is 11.3. The number of rotatable bonds is 8. The second-order valence-corrected chi connectivity index (χ2v) is 5.89. The molecule has 90 valence electrons. The average Bonchev–Trinajstić information content (AvgIpc) is 3.00. The van der Waals surface area contributed by atoms with Crippen molar-refractivity contribution in [3.05, 3.63) is 0 Å². The summed E-state index contributed by atoms with van der Waals surface area (Å²) in [6.45, 7) is 6.67. The molecule has 0 radical (unpaired) electrons. The Balaban J connectivity index is 2.41. The van der Waals surface area contributed by atoms with E-state index >= 15 is 0 Å². The standard InChI is InChI=1S/C12H26N2S/c1-10(2)14(9-11-4-5-11)12(8-13)6-7-15-3/h10-12H,4-9,13H2,1-3H3. The molecule has 0 aromatic carbocycles. The van der Waals surface area contributed by atoms with Crippen LogP contribution in [-0.2, 0) is 0 Å². The summed E-state index contributed by atoms with van der Waals surface area (Å²) in [5.41, 5.74) is 5.90. The predicted octanol–water partition coefficient (Wildman–Crippen LogP) is 2.19. The Hall–Kier alpha value is 0.270. The molecule has 1 unspecified atom stereocenters.